The maximum Gasteiger partial charge on any atom is 0.254 e. The third-order valence-electron chi connectivity index (χ3n) is 5.27. The highest BCUT2D eigenvalue weighted by Crippen LogP contribution is 2.28. The van der Waals surface area contributed by atoms with Crippen molar-refractivity contribution in [2.24, 2.45) is 5.73 Å². The molecule has 4 rings (SSSR count). The molecule has 2 heterocycles. The molecule has 0 unspecified atom stereocenters. The molecule has 0 atom stereocenters. The normalized spacial score (nSPS) is 14.4. The zero-order valence-corrected chi connectivity index (χ0v) is 16.9. The quantitative estimate of drug-likeness (QED) is 0.635. The van der Waals surface area contributed by atoms with Gasteiger partial charge in [0.2, 0.25) is 5.88 Å². The van der Waals surface area contributed by atoms with Crippen LogP contribution in [-0.2, 0) is 6.42 Å². The summed E-state index contributed by atoms with van der Waals surface area (Å²) in [6.07, 6.45) is 2.60. The fourth-order valence-electron chi connectivity index (χ4n) is 3.64. The average Bonchev–Trinajstić information content (AvgIpc) is 2.79. The Kier molecular flexibility index (Phi) is 6.37. The number of benzene rings is 2. The Morgan fingerprint density at radius 2 is 1.80 bits per heavy atom. The van der Waals surface area contributed by atoms with Gasteiger partial charge < -0.3 is 20.7 Å². The number of piperazine rings is 1. The molecular weight excluding hydrogens is 376 g/mol. The Hall–Kier alpha value is -3.22. The van der Waals surface area contributed by atoms with Crippen molar-refractivity contribution in [3.63, 3.8) is 0 Å². The van der Waals surface area contributed by atoms with Crippen LogP contribution in [-0.4, -0.2) is 48.5 Å². The second kappa shape index (κ2) is 9.52. The van der Waals surface area contributed by atoms with Crippen LogP contribution < -0.4 is 15.8 Å². The van der Waals surface area contributed by atoms with Crippen molar-refractivity contribution in [1.29, 1.82) is 0 Å². The first-order chi connectivity index (χ1) is 14.7. The van der Waals surface area contributed by atoms with Gasteiger partial charge in [-0.15, -0.1) is 0 Å². The molecule has 3 aromatic rings. The van der Waals surface area contributed by atoms with Gasteiger partial charge in [-0.05, 0) is 47.4 Å². The van der Waals surface area contributed by atoms with Crippen LogP contribution in [0.4, 0.5) is 0 Å². The zero-order valence-electron chi connectivity index (χ0n) is 16.9. The number of hydrogen-bond acceptors (Lipinski definition) is 5. The summed E-state index contributed by atoms with van der Waals surface area (Å²) in [6.45, 7) is 5.44. The van der Waals surface area contributed by atoms with Crippen LogP contribution >= 0.6 is 0 Å². The molecule has 3 N–H and O–H groups in total. The second-order valence-electron chi connectivity index (χ2n) is 7.39. The molecule has 1 aliphatic rings. The summed E-state index contributed by atoms with van der Waals surface area (Å²) in [5.74, 6) is 0.262. The number of carbonyl (C=O) groups excluding carboxylic acids is 1. The Balaban J connectivity index is 1.49. The Morgan fingerprint density at radius 1 is 1.03 bits per heavy atom. The van der Waals surface area contributed by atoms with Gasteiger partial charge in [0.1, 0.15) is 11.3 Å². The molecule has 1 saturated heterocycles. The molecule has 2 aromatic carbocycles. The molecule has 1 amide bonds. The monoisotopic (exact) mass is 402 g/mol. The SMILES string of the molecule is NC(=O)c1cccnc1Oc1cccc(-c2cccc(CCN3CCNCC3)c2)c1. The fraction of sp³-hybridized carbons (Fsp3) is 0.250. The van der Waals surface area contributed by atoms with Crippen molar-refractivity contribution in [3.05, 3.63) is 78.0 Å². The number of rotatable bonds is 7. The molecule has 30 heavy (non-hydrogen) atoms. The van der Waals surface area contributed by atoms with Crippen LogP contribution in [0.25, 0.3) is 11.1 Å². The Labute approximate surface area is 176 Å². The van der Waals surface area contributed by atoms with Gasteiger partial charge in [0.25, 0.3) is 5.91 Å². The van der Waals surface area contributed by atoms with E-state index in [1.807, 2.05) is 18.2 Å². The lowest BCUT2D eigenvalue weighted by Gasteiger charge is -2.27. The van der Waals surface area contributed by atoms with Gasteiger partial charge in [-0.2, -0.15) is 0 Å². The highest BCUT2D eigenvalue weighted by molar-refractivity contribution is 5.95. The summed E-state index contributed by atoms with van der Waals surface area (Å²) in [7, 11) is 0. The smallest absolute Gasteiger partial charge is 0.254 e. The van der Waals surface area contributed by atoms with Gasteiger partial charge in [-0.25, -0.2) is 4.98 Å². The molecule has 154 valence electrons. The molecule has 0 aliphatic carbocycles. The van der Waals surface area contributed by atoms with E-state index < -0.39 is 5.91 Å². The predicted molar refractivity (Wildman–Crippen MR) is 118 cm³/mol. The summed E-state index contributed by atoms with van der Waals surface area (Å²) in [5.41, 5.74) is 9.18. The number of primary amides is 1. The van der Waals surface area contributed by atoms with Crippen molar-refractivity contribution in [3.8, 4) is 22.8 Å². The van der Waals surface area contributed by atoms with E-state index in [2.05, 4.69) is 45.5 Å². The minimum Gasteiger partial charge on any atom is -0.438 e. The number of nitrogens with zero attached hydrogens (tertiary/aromatic N) is 2. The van der Waals surface area contributed by atoms with Crippen LogP contribution in [0.2, 0.25) is 0 Å². The first kappa shape index (κ1) is 20.1. The summed E-state index contributed by atoms with van der Waals surface area (Å²) >= 11 is 0. The van der Waals surface area contributed by atoms with E-state index >= 15 is 0 Å². The molecular formula is C24H26N4O2. The van der Waals surface area contributed by atoms with Crippen LogP contribution in [0.15, 0.2) is 66.9 Å². The molecule has 0 radical (unpaired) electrons. The zero-order chi connectivity index (χ0) is 20.8. The maximum atomic E-state index is 11.6. The highest BCUT2D eigenvalue weighted by Gasteiger charge is 2.12. The van der Waals surface area contributed by atoms with Gasteiger partial charge in [0.05, 0.1) is 0 Å². The second-order valence-corrected chi connectivity index (χ2v) is 7.39. The van der Waals surface area contributed by atoms with Gasteiger partial charge in [0.15, 0.2) is 0 Å². The minimum absolute atomic E-state index is 0.215. The van der Waals surface area contributed by atoms with Crippen LogP contribution in [0.3, 0.4) is 0 Å². The van der Waals surface area contributed by atoms with Crippen molar-refractivity contribution in [2.45, 2.75) is 6.42 Å². The third kappa shape index (κ3) is 5.03. The standard InChI is InChI=1S/C24H26N4O2/c25-23(29)22-8-3-10-27-24(22)30-21-7-2-6-20(17-21)19-5-1-4-18(16-19)9-13-28-14-11-26-12-15-28/h1-8,10,16-17,26H,9,11-15H2,(H2,25,29). The van der Waals surface area contributed by atoms with E-state index in [1.54, 1.807) is 18.3 Å². The molecule has 0 bridgehead atoms. The van der Waals surface area contributed by atoms with Crippen molar-refractivity contribution >= 4 is 5.91 Å². The summed E-state index contributed by atoms with van der Waals surface area (Å²) in [4.78, 5) is 18.3. The number of ether oxygens (including phenoxy) is 1. The first-order valence-corrected chi connectivity index (χ1v) is 10.2. The minimum atomic E-state index is -0.563. The molecule has 6 heteroatoms. The molecule has 1 fully saturated rings. The lowest BCUT2D eigenvalue weighted by Crippen LogP contribution is -2.44. The summed E-state index contributed by atoms with van der Waals surface area (Å²) < 4.78 is 5.87. The van der Waals surface area contributed by atoms with Crippen molar-refractivity contribution in [1.82, 2.24) is 15.2 Å². The van der Waals surface area contributed by atoms with E-state index in [1.165, 1.54) is 5.56 Å². The fourth-order valence-corrected chi connectivity index (χ4v) is 3.64. The number of hydrogen-bond donors (Lipinski definition) is 2. The number of aromatic nitrogens is 1. The topological polar surface area (TPSA) is 80.5 Å². The van der Waals surface area contributed by atoms with E-state index in [0.717, 1.165) is 50.3 Å². The molecule has 6 nitrogen and oxygen atoms in total. The highest BCUT2D eigenvalue weighted by atomic mass is 16.5. The predicted octanol–water partition coefficient (Wildman–Crippen LogP) is 3.09. The Bertz CT molecular complexity index is 1020. The van der Waals surface area contributed by atoms with Gasteiger partial charge in [0, 0.05) is 38.9 Å². The van der Waals surface area contributed by atoms with E-state index in [0.29, 0.717) is 5.75 Å². The molecule has 1 aliphatic heterocycles. The summed E-state index contributed by atoms with van der Waals surface area (Å²) in [6, 6.07) is 19.7. The van der Waals surface area contributed by atoms with E-state index in [-0.39, 0.29) is 11.4 Å². The van der Waals surface area contributed by atoms with Crippen LogP contribution in [0.1, 0.15) is 15.9 Å². The van der Waals surface area contributed by atoms with Gasteiger partial charge >= 0.3 is 0 Å². The number of carbonyl (C=O) groups is 1. The molecule has 1 aromatic heterocycles. The van der Waals surface area contributed by atoms with Crippen molar-refractivity contribution in [2.75, 3.05) is 32.7 Å². The number of nitrogens with two attached hydrogens (primary N) is 1. The lowest BCUT2D eigenvalue weighted by molar-refractivity contribution is 0.0997. The first-order valence-electron chi connectivity index (χ1n) is 10.2. The van der Waals surface area contributed by atoms with Gasteiger partial charge in [-0.1, -0.05) is 36.4 Å². The number of amides is 1. The van der Waals surface area contributed by atoms with Crippen LogP contribution in [0.5, 0.6) is 11.6 Å². The average molecular weight is 402 g/mol. The van der Waals surface area contributed by atoms with Gasteiger partial charge in [-0.3, -0.25) is 4.79 Å². The van der Waals surface area contributed by atoms with Crippen LogP contribution in [0, 0.1) is 0 Å². The number of pyridine rings is 1. The maximum absolute atomic E-state index is 11.6. The molecule has 0 spiro atoms. The van der Waals surface area contributed by atoms with E-state index in [9.17, 15) is 4.79 Å². The third-order valence-corrected chi connectivity index (χ3v) is 5.27. The van der Waals surface area contributed by atoms with E-state index in [4.69, 9.17) is 10.5 Å². The lowest BCUT2D eigenvalue weighted by atomic mass is 10.0. The largest absolute Gasteiger partial charge is 0.438 e. The molecule has 0 saturated carbocycles. The summed E-state index contributed by atoms with van der Waals surface area (Å²) in [5, 5.41) is 3.39. The number of nitrogens with one attached hydrogen (secondary N) is 1. The Morgan fingerprint density at radius 3 is 2.60 bits per heavy atom. The van der Waals surface area contributed by atoms with Crippen molar-refractivity contribution < 1.29 is 9.53 Å².